The highest BCUT2D eigenvalue weighted by atomic mass is 35.5. The van der Waals surface area contributed by atoms with Gasteiger partial charge in [0.2, 0.25) is 10.0 Å². The zero-order chi connectivity index (χ0) is 20.7. The van der Waals surface area contributed by atoms with E-state index in [9.17, 15) is 18.0 Å². The second-order valence-electron chi connectivity index (χ2n) is 7.01. The van der Waals surface area contributed by atoms with E-state index in [1.54, 1.807) is 13.8 Å². The van der Waals surface area contributed by atoms with E-state index in [1.165, 1.54) is 22.5 Å². The van der Waals surface area contributed by atoms with Crippen LogP contribution in [0.25, 0.3) is 0 Å². The predicted octanol–water partition coefficient (Wildman–Crippen LogP) is 2.98. The lowest BCUT2D eigenvalue weighted by atomic mass is 10.2. The minimum Gasteiger partial charge on any atom is -0.463 e. The Morgan fingerprint density at radius 3 is 2.43 bits per heavy atom. The first-order valence-electron chi connectivity index (χ1n) is 9.49. The van der Waals surface area contributed by atoms with Crippen LogP contribution in [0.3, 0.4) is 0 Å². The molecule has 0 saturated carbocycles. The molecule has 1 amide bonds. The molecule has 28 heavy (non-hydrogen) atoms. The molecule has 156 valence electrons. The van der Waals surface area contributed by atoms with Crippen molar-refractivity contribution in [3.05, 3.63) is 28.8 Å². The molecule has 0 unspecified atom stereocenters. The average Bonchev–Trinajstić information content (AvgIpc) is 2.91. The molecule has 1 aliphatic rings. The van der Waals surface area contributed by atoms with Gasteiger partial charge < -0.3 is 10.1 Å². The molecule has 2 rings (SSSR count). The molecule has 1 aliphatic heterocycles. The number of hydrogen-bond acceptors (Lipinski definition) is 5. The number of amides is 1. The average molecular weight is 431 g/mol. The van der Waals surface area contributed by atoms with Crippen molar-refractivity contribution >= 4 is 33.5 Å². The van der Waals surface area contributed by atoms with Crippen molar-refractivity contribution in [2.24, 2.45) is 0 Å². The summed E-state index contributed by atoms with van der Waals surface area (Å²) in [4.78, 5) is 23.8. The SMILES string of the molecule is CC(C)OC(=O)CCNC(=O)c1ccc(Cl)c(S(=O)(=O)N2CCCCCC2)c1. The van der Waals surface area contributed by atoms with E-state index >= 15 is 0 Å². The van der Waals surface area contributed by atoms with E-state index < -0.39 is 21.9 Å². The summed E-state index contributed by atoms with van der Waals surface area (Å²) >= 11 is 6.14. The summed E-state index contributed by atoms with van der Waals surface area (Å²) in [6.07, 6.45) is 3.44. The van der Waals surface area contributed by atoms with Gasteiger partial charge in [0.05, 0.1) is 17.5 Å². The van der Waals surface area contributed by atoms with Crippen molar-refractivity contribution < 1.29 is 22.7 Å². The number of rotatable bonds is 7. The third-order valence-electron chi connectivity index (χ3n) is 4.36. The molecule has 0 radical (unpaired) electrons. The second-order valence-corrected chi connectivity index (χ2v) is 9.32. The first-order valence-corrected chi connectivity index (χ1v) is 11.3. The molecule has 0 aliphatic carbocycles. The number of nitrogens with one attached hydrogen (secondary N) is 1. The van der Waals surface area contributed by atoms with Gasteiger partial charge in [-0.3, -0.25) is 9.59 Å². The molecule has 0 spiro atoms. The minimum atomic E-state index is -3.77. The van der Waals surface area contributed by atoms with Crippen LogP contribution in [-0.2, 0) is 19.6 Å². The number of halogens is 1. The fourth-order valence-corrected chi connectivity index (χ4v) is 4.98. The van der Waals surface area contributed by atoms with E-state index in [4.69, 9.17) is 16.3 Å². The Hall–Kier alpha value is -1.64. The zero-order valence-corrected chi connectivity index (χ0v) is 17.8. The summed E-state index contributed by atoms with van der Waals surface area (Å²) in [5, 5.41) is 2.68. The quantitative estimate of drug-likeness (QED) is 0.671. The maximum absolute atomic E-state index is 13.0. The van der Waals surface area contributed by atoms with Gasteiger partial charge in [-0.25, -0.2) is 8.42 Å². The summed E-state index contributed by atoms with van der Waals surface area (Å²) in [5.74, 6) is -0.878. The monoisotopic (exact) mass is 430 g/mol. The summed E-state index contributed by atoms with van der Waals surface area (Å²) in [6.45, 7) is 4.49. The van der Waals surface area contributed by atoms with Gasteiger partial charge in [-0.1, -0.05) is 24.4 Å². The van der Waals surface area contributed by atoms with Crippen molar-refractivity contribution in [1.82, 2.24) is 9.62 Å². The molecule has 1 heterocycles. The molecule has 1 saturated heterocycles. The number of benzene rings is 1. The van der Waals surface area contributed by atoms with Crippen LogP contribution in [-0.4, -0.2) is 50.3 Å². The van der Waals surface area contributed by atoms with Gasteiger partial charge >= 0.3 is 5.97 Å². The van der Waals surface area contributed by atoms with Crippen LogP contribution in [0.2, 0.25) is 5.02 Å². The number of hydrogen-bond donors (Lipinski definition) is 1. The Balaban J connectivity index is 2.09. The van der Waals surface area contributed by atoms with E-state index in [0.29, 0.717) is 13.1 Å². The molecule has 9 heteroatoms. The highest BCUT2D eigenvalue weighted by molar-refractivity contribution is 7.89. The van der Waals surface area contributed by atoms with Crippen molar-refractivity contribution in [3.63, 3.8) is 0 Å². The van der Waals surface area contributed by atoms with Gasteiger partial charge in [0, 0.05) is 25.2 Å². The number of carbonyl (C=O) groups is 2. The summed E-state index contributed by atoms with van der Waals surface area (Å²) in [6, 6.07) is 4.17. The first-order chi connectivity index (χ1) is 13.2. The Labute approximate surface area is 171 Å². The standard InChI is InChI=1S/C19H27ClN2O5S/c1-14(2)27-18(23)9-10-21-19(24)15-7-8-16(20)17(13-15)28(25,26)22-11-5-3-4-6-12-22/h7-8,13-14H,3-6,9-12H2,1-2H3,(H,21,24). The molecule has 1 fully saturated rings. The Bertz CT molecular complexity index is 803. The minimum absolute atomic E-state index is 0.0381. The molecule has 1 aromatic carbocycles. The fourth-order valence-electron chi connectivity index (χ4n) is 2.97. The maximum Gasteiger partial charge on any atom is 0.307 e. The molecular formula is C19H27ClN2O5S. The number of esters is 1. The van der Waals surface area contributed by atoms with Gasteiger partial charge in [-0.05, 0) is 44.9 Å². The van der Waals surface area contributed by atoms with Crippen LogP contribution in [0.4, 0.5) is 0 Å². The van der Waals surface area contributed by atoms with Crippen LogP contribution >= 0.6 is 11.6 Å². The van der Waals surface area contributed by atoms with E-state index in [1.807, 2.05) is 0 Å². The number of nitrogens with zero attached hydrogens (tertiary/aromatic N) is 1. The molecule has 0 aromatic heterocycles. The van der Waals surface area contributed by atoms with E-state index in [-0.39, 0.29) is 34.6 Å². The third kappa shape index (κ3) is 6.18. The Morgan fingerprint density at radius 1 is 1.18 bits per heavy atom. The molecule has 1 N–H and O–H groups in total. The Morgan fingerprint density at radius 2 is 1.82 bits per heavy atom. The number of ether oxygens (including phenoxy) is 1. The van der Waals surface area contributed by atoms with Crippen LogP contribution in [0, 0.1) is 0 Å². The van der Waals surface area contributed by atoms with Gasteiger partial charge in [0.25, 0.3) is 5.91 Å². The molecule has 0 atom stereocenters. The van der Waals surface area contributed by atoms with E-state index in [0.717, 1.165) is 25.7 Å². The van der Waals surface area contributed by atoms with Gasteiger partial charge in [0.15, 0.2) is 0 Å². The molecule has 1 aromatic rings. The lowest BCUT2D eigenvalue weighted by Gasteiger charge is -2.21. The fraction of sp³-hybridized carbons (Fsp3) is 0.579. The van der Waals surface area contributed by atoms with Crippen LogP contribution in [0.5, 0.6) is 0 Å². The first kappa shape index (κ1) is 22.6. The van der Waals surface area contributed by atoms with Gasteiger partial charge in [-0.15, -0.1) is 0 Å². The number of sulfonamides is 1. The number of carbonyl (C=O) groups excluding carboxylic acids is 2. The zero-order valence-electron chi connectivity index (χ0n) is 16.2. The lowest BCUT2D eigenvalue weighted by molar-refractivity contribution is -0.147. The van der Waals surface area contributed by atoms with Crippen molar-refractivity contribution in [3.8, 4) is 0 Å². The lowest BCUT2D eigenvalue weighted by Crippen LogP contribution is -2.32. The van der Waals surface area contributed by atoms with Crippen molar-refractivity contribution in [2.45, 2.75) is 57.0 Å². The summed E-state index contributed by atoms with van der Waals surface area (Å²) in [7, 11) is -3.77. The topological polar surface area (TPSA) is 92.8 Å². The highest BCUT2D eigenvalue weighted by Crippen LogP contribution is 2.27. The highest BCUT2D eigenvalue weighted by Gasteiger charge is 2.28. The van der Waals surface area contributed by atoms with Crippen LogP contribution < -0.4 is 5.32 Å². The smallest absolute Gasteiger partial charge is 0.307 e. The Kier molecular flexibility index (Phi) is 8.27. The van der Waals surface area contributed by atoms with E-state index in [2.05, 4.69) is 5.32 Å². The summed E-state index contributed by atoms with van der Waals surface area (Å²) in [5.41, 5.74) is 0.176. The second kappa shape index (κ2) is 10.2. The normalized spacial score (nSPS) is 15.9. The van der Waals surface area contributed by atoms with Crippen molar-refractivity contribution in [2.75, 3.05) is 19.6 Å². The molecular weight excluding hydrogens is 404 g/mol. The largest absolute Gasteiger partial charge is 0.463 e. The maximum atomic E-state index is 13.0. The third-order valence-corrected chi connectivity index (χ3v) is 6.74. The summed E-state index contributed by atoms with van der Waals surface area (Å²) < 4.78 is 32.4. The van der Waals surface area contributed by atoms with Crippen molar-refractivity contribution in [1.29, 1.82) is 0 Å². The molecule has 0 bridgehead atoms. The predicted molar refractivity (Wildman–Crippen MR) is 107 cm³/mol. The van der Waals surface area contributed by atoms with Crippen LogP contribution in [0.15, 0.2) is 23.1 Å². The van der Waals surface area contributed by atoms with Gasteiger partial charge in [-0.2, -0.15) is 4.31 Å². The van der Waals surface area contributed by atoms with Crippen LogP contribution in [0.1, 0.15) is 56.3 Å². The molecule has 7 nitrogen and oxygen atoms in total. The van der Waals surface area contributed by atoms with Gasteiger partial charge in [0.1, 0.15) is 4.90 Å².